The van der Waals surface area contributed by atoms with Crippen molar-refractivity contribution in [1.29, 1.82) is 0 Å². The van der Waals surface area contributed by atoms with Crippen LogP contribution in [0.15, 0.2) is 59.2 Å². The van der Waals surface area contributed by atoms with Crippen LogP contribution >= 0.6 is 11.6 Å². The van der Waals surface area contributed by atoms with Gasteiger partial charge in [-0.05, 0) is 35.3 Å². The zero-order valence-electron chi connectivity index (χ0n) is 11.4. The highest BCUT2D eigenvalue weighted by Crippen LogP contribution is 2.56. The van der Waals surface area contributed by atoms with Crippen molar-refractivity contribution < 1.29 is 4.79 Å². The summed E-state index contributed by atoms with van der Waals surface area (Å²) in [6.07, 6.45) is 8.20. The minimum absolute atomic E-state index is 0.0490. The van der Waals surface area contributed by atoms with Crippen LogP contribution in [0.5, 0.6) is 0 Å². The van der Waals surface area contributed by atoms with Crippen LogP contribution in [-0.2, 0) is 10.3 Å². The third-order valence-corrected chi connectivity index (χ3v) is 5.24. The van der Waals surface area contributed by atoms with E-state index < -0.39 is 5.54 Å². The monoisotopic (exact) mass is 293 g/mol. The average Bonchev–Trinajstić information content (AvgIpc) is 2.78. The number of hydrogen-bond acceptors (Lipinski definition) is 1. The predicted octanol–water partition coefficient (Wildman–Crippen LogP) is 3.13. The zero-order valence-corrected chi connectivity index (χ0v) is 12.2. The van der Waals surface area contributed by atoms with E-state index in [-0.39, 0.29) is 11.3 Å². The highest BCUT2D eigenvalue weighted by Gasteiger charge is 2.53. The molecule has 5 aliphatic rings. The van der Waals surface area contributed by atoms with Gasteiger partial charge in [0.15, 0.2) is 0 Å². The molecule has 1 aromatic rings. The molecule has 0 fully saturated rings. The van der Waals surface area contributed by atoms with Crippen LogP contribution < -0.4 is 5.32 Å². The molecular formula is C18H12ClNO. The molecule has 1 heterocycles. The lowest BCUT2D eigenvalue weighted by atomic mass is 9.64. The van der Waals surface area contributed by atoms with Gasteiger partial charge in [-0.25, -0.2) is 0 Å². The molecule has 2 bridgehead atoms. The van der Waals surface area contributed by atoms with Gasteiger partial charge in [-0.3, -0.25) is 4.79 Å². The van der Waals surface area contributed by atoms with Gasteiger partial charge < -0.3 is 5.32 Å². The van der Waals surface area contributed by atoms with Crippen molar-refractivity contribution in [3.8, 4) is 0 Å². The number of carbonyl (C=O) groups excluding carboxylic acids is 1. The van der Waals surface area contributed by atoms with E-state index in [1.807, 2.05) is 6.08 Å². The second kappa shape index (κ2) is 3.40. The fraction of sp³-hybridized carbons (Fsp3) is 0.167. The maximum absolute atomic E-state index is 12.5. The Balaban J connectivity index is 1.97. The summed E-state index contributed by atoms with van der Waals surface area (Å²) in [6, 6.07) is 6.45. The Kier molecular flexibility index (Phi) is 1.87. The van der Waals surface area contributed by atoms with E-state index >= 15 is 0 Å². The number of hydrogen-bond donors (Lipinski definition) is 1. The maximum atomic E-state index is 12.5. The lowest BCUT2D eigenvalue weighted by Crippen LogP contribution is -2.44. The summed E-state index contributed by atoms with van der Waals surface area (Å²) in [5.41, 5.74) is 7.15. The third-order valence-electron chi connectivity index (χ3n) is 4.88. The minimum Gasteiger partial charge on any atom is -0.335 e. The van der Waals surface area contributed by atoms with Gasteiger partial charge in [-0.1, -0.05) is 42.0 Å². The van der Waals surface area contributed by atoms with Crippen molar-refractivity contribution in [2.24, 2.45) is 0 Å². The first-order valence-electron chi connectivity index (χ1n) is 7.07. The Bertz CT molecular complexity index is 871. The predicted molar refractivity (Wildman–Crippen MR) is 82.9 cm³/mol. The molecule has 0 saturated heterocycles. The van der Waals surface area contributed by atoms with Crippen molar-refractivity contribution in [3.63, 3.8) is 0 Å². The largest absolute Gasteiger partial charge is 0.335 e. The molecule has 1 N–H and O–H groups in total. The van der Waals surface area contributed by atoms with Crippen molar-refractivity contribution in [2.75, 3.05) is 0 Å². The molecule has 1 amide bonds. The normalized spacial score (nSPS) is 30.8. The van der Waals surface area contributed by atoms with Crippen molar-refractivity contribution in [1.82, 2.24) is 5.32 Å². The molecule has 102 valence electrons. The molecule has 2 nitrogen and oxygen atoms in total. The summed E-state index contributed by atoms with van der Waals surface area (Å²) in [5, 5.41) is 2.84. The molecule has 21 heavy (non-hydrogen) atoms. The molecule has 4 aliphatic carbocycles. The van der Waals surface area contributed by atoms with Gasteiger partial charge in [0.05, 0.1) is 5.38 Å². The molecule has 3 heteroatoms. The Morgan fingerprint density at radius 3 is 2.95 bits per heavy atom. The highest BCUT2D eigenvalue weighted by atomic mass is 35.5. The van der Waals surface area contributed by atoms with Gasteiger partial charge in [-0.15, -0.1) is 11.6 Å². The number of amides is 1. The van der Waals surface area contributed by atoms with E-state index in [2.05, 4.69) is 48.7 Å². The van der Waals surface area contributed by atoms with Crippen LogP contribution in [0.1, 0.15) is 16.7 Å². The van der Waals surface area contributed by atoms with Gasteiger partial charge in [-0.2, -0.15) is 0 Å². The molecule has 0 saturated carbocycles. The van der Waals surface area contributed by atoms with Gasteiger partial charge in [0.2, 0.25) is 0 Å². The Morgan fingerprint density at radius 2 is 2.10 bits per heavy atom. The van der Waals surface area contributed by atoms with Gasteiger partial charge in [0.25, 0.3) is 5.91 Å². The number of carbonyl (C=O) groups is 1. The van der Waals surface area contributed by atoms with Gasteiger partial charge in [0.1, 0.15) is 5.54 Å². The number of rotatable bonds is 0. The van der Waals surface area contributed by atoms with E-state index in [9.17, 15) is 4.79 Å². The van der Waals surface area contributed by atoms with Crippen LogP contribution in [0.3, 0.4) is 0 Å². The maximum Gasteiger partial charge on any atom is 0.250 e. The number of halogens is 1. The molecule has 1 aromatic carbocycles. The smallest absolute Gasteiger partial charge is 0.250 e. The Morgan fingerprint density at radius 1 is 1.24 bits per heavy atom. The van der Waals surface area contributed by atoms with Crippen LogP contribution in [0.2, 0.25) is 0 Å². The van der Waals surface area contributed by atoms with E-state index in [1.165, 1.54) is 22.3 Å². The first-order chi connectivity index (χ1) is 10.1. The zero-order chi connectivity index (χ0) is 14.4. The van der Waals surface area contributed by atoms with E-state index in [0.717, 1.165) is 11.1 Å². The summed E-state index contributed by atoms with van der Waals surface area (Å²) in [5.74, 6) is -0.0490. The summed E-state index contributed by atoms with van der Waals surface area (Å²) in [4.78, 5) is 12.5. The fourth-order valence-corrected chi connectivity index (χ4v) is 4.29. The summed E-state index contributed by atoms with van der Waals surface area (Å²) in [6.45, 7) is 2.08. The summed E-state index contributed by atoms with van der Waals surface area (Å²) < 4.78 is 0. The number of benzene rings is 1. The van der Waals surface area contributed by atoms with Crippen LogP contribution in [0.4, 0.5) is 0 Å². The van der Waals surface area contributed by atoms with E-state index in [4.69, 9.17) is 11.6 Å². The van der Waals surface area contributed by atoms with Crippen molar-refractivity contribution in [3.05, 3.63) is 75.9 Å². The molecular weight excluding hydrogens is 282 g/mol. The highest BCUT2D eigenvalue weighted by molar-refractivity contribution is 6.28. The second-order valence-electron chi connectivity index (χ2n) is 6.02. The summed E-state index contributed by atoms with van der Waals surface area (Å²) >= 11 is 6.36. The van der Waals surface area contributed by atoms with Gasteiger partial charge in [0, 0.05) is 11.1 Å². The lowest BCUT2D eigenvalue weighted by molar-refractivity contribution is -0.117. The molecule has 0 radical (unpaired) electrons. The number of nitrogens with one attached hydrogen (secondary N) is 1. The first-order valence-corrected chi connectivity index (χ1v) is 7.50. The van der Waals surface area contributed by atoms with Crippen LogP contribution in [0, 0.1) is 6.92 Å². The quantitative estimate of drug-likeness (QED) is 0.732. The fourth-order valence-electron chi connectivity index (χ4n) is 4.01. The van der Waals surface area contributed by atoms with E-state index in [0.29, 0.717) is 5.57 Å². The molecule has 1 spiro atoms. The number of aryl methyl sites for hydroxylation is 1. The molecule has 2 atom stereocenters. The van der Waals surface area contributed by atoms with Crippen molar-refractivity contribution in [2.45, 2.75) is 17.8 Å². The van der Waals surface area contributed by atoms with Crippen LogP contribution in [0.25, 0.3) is 5.57 Å². The second-order valence-corrected chi connectivity index (χ2v) is 6.49. The standard InChI is InChI=1S/C18H12ClNO/c1-9-2-3-11-10-6-7-18(13(11)8-9)16-12(10)4-5-14(19)15(16)17(21)20-18/h2-8,14H,1H3,(H,20,21). The molecule has 1 aliphatic heterocycles. The topological polar surface area (TPSA) is 29.1 Å². The minimum atomic E-state index is -0.525. The first kappa shape index (κ1) is 11.6. The lowest BCUT2D eigenvalue weighted by Gasteiger charge is -2.42. The molecule has 0 aromatic heterocycles. The summed E-state index contributed by atoms with van der Waals surface area (Å²) in [7, 11) is 0. The van der Waals surface area contributed by atoms with E-state index in [1.54, 1.807) is 0 Å². The molecule has 6 rings (SSSR count). The SMILES string of the molecule is Cc1ccc2c(c1)C13C=CC2=C2C=CC(Cl)C(=C21)C(=O)N3. The van der Waals surface area contributed by atoms with Crippen molar-refractivity contribution >= 4 is 23.1 Å². The molecule has 2 unspecified atom stereocenters. The number of allylic oxidation sites excluding steroid dienone is 4. The number of alkyl halides is 1. The Labute approximate surface area is 127 Å². The third kappa shape index (κ3) is 1.15. The average molecular weight is 294 g/mol. The van der Waals surface area contributed by atoms with Gasteiger partial charge >= 0.3 is 0 Å². The van der Waals surface area contributed by atoms with Crippen LogP contribution in [-0.4, -0.2) is 11.3 Å². The Hall–Kier alpha value is -2.06.